The first kappa shape index (κ1) is 39.8. The van der Waals surface area contributed by atoms with Gasteiger partial charge in [-0.2, -0.15) is 0 Å². The van der Waals surface area contributed by atoms with Crippen molar-refractivity contribution in [1.82, 2.24) is 25.3 Å². The molecule has 8 bridgehead atoms. The Labute approximate surface area is 357 Å². The molecule has 10 N–H and O–H groups in total. The first-order valence-electron chi connectivity index (χ1n) is 19.9. The minimum Gasteiger partial charge on any atom is -0.478 e. The molecule has 0 radical (unpaired) electrons. The van der Waals surface area contributed by atoms with Crippen molar-refractivity contribution in [2.45, 2.75) is 0 Å². The van der Waals surface area contributed by atoms with Gasteiger partial charge in [-0.1, -0.05) is 48.5 Å². The second kappa shape index (κ2) is 16.4. The van der Waals surface area contributed by atoms with Crippen LogP contribution in [-0.2, 0) is 0 Å². The molecule has 9 rings (SSSR count). The van der Waals surface area contributed by atoms with Crippen LogP contribution in [-0.4, -0.2) is 72.2 Å². The number of carboxylic acids is 3. The van der Waals surface area contributed by atoms with E-state index in [1.807, 2.05) is 60.7 Å². The molecule has 0 saturated carbocycles. The molecule has 8 aromatic rings. The number of H-pyrrole nitrogens is 4. The van der Waals surface area contributed by atoms with Crippen LogP contribution in [0.15, 0.2) is 146 Å². The molecule has 13 heteroatoms. The van der Waals surface area contributed by atoms with Crippen LogP contribution in [0.2, 0.25) is 0 Å². The minimum atomic E-state index is -1.05. The number of amides is 1. The fraction of sp³-hybridized carbons (Fsp3) is 0.0400. The van der Waals surface area contributed by atoms with Gasteiger partial charge >= 0.3 is 17.9 Å². The van der Waals surface area contributed by atoms with Gasteiger partial charge in [-0.05, 0) is 119 Å². The van der Waals surface area contributed by atoms with Gasteiger partial charge in [0.15, 0.2) is 0 Å². The molecule has 1 aliphatic heterocycles. The third-order valence-corrected chi connectivity index (χ3v) is 11.0. The van der Waals surface area contributed by atoms with Crippen LogP contribution >= 0.6 is 0 Å². The summed E-state index contributed by atoms with van der Waals surface area (Å²) < 4.78 is 0. The Morgan fingerprint density at radius 2 is 0.651 bits per heavy atom. The number of nitrogens with one attached hydrogen (secondary N) is 5. The second-order valence-corrected chi connectivity index (χ2v) is 14.9. The Balaban J connectivity index is 1.36. The number of aromatic carboxylic acids is 3. The highest BCUT2D eigenvalue weighted by molar-refractivity contribution is 5.95. The van der Waals surface area contributed by atoms with Gasteiger partial charge in [0.2, 0.25) is 0 Å². The number of hydrogen-bond donors (Lipinski definition) is 9. The van der Waals surface area contributed by atoms with Crippen molar-refractivity contribution in [3.8, 4) is 0 Å². The molecule has 0 saturated heterocycles. The number of hydrogen-bond acceptors (Lipinski definition) is 5. The molecule has 1 amide bonds. The van der Waals surface area contributed by atoms with Gasteiger partial charge in [0.05, 0.1) is 16.7 Å². The molecule has 0 unspecified atom stereocenters. The SMILES string of the molecule is NCCNC(=O)c1ccc(C2=c3ccc([nH]3)=C(c3ccc(C(=O)O)cc3)c3ccc([nH]3)C(c3ccc(C(=O)O)cc3)=c3ccc([nH]3)=C(c3ccc(C(=O)O)cc3)c3ccc2[nH]3)cc1. The lowest BCUT2D eigenvalue weighted by atomic mass is 10.0. The van der Waals surface area contributed by atoms with Crippen LogP contribution in [0, 0.1) is 0 Å². The summed E-state index contributed by atoms with van der Waals surface area (Å²) in [7, 11) is 0. The molecule has 5 heterocycles. The summed E-state index contributed by atoms with van der Waals surface area (Å²) in [5, 5.41) is 34.9. The van der Waals surface area contributed by atoms with Crippen LogP contribution < -0.4 is 32.4 Å². The standard InChI is InChI=1S/C50H38N6O7/c51-25-26-52-47(57)31-9-1-27(2-10-31)43-35-17-19-37(53-35)44(28-3-11-32(12-4-28)48(58)59)39-21-23-41(55-39)46(30-7-15-34(16-8-30)50(62)63)42-24-22-40(56-42)45(38-20-18-36(43)54-38)29-5-13-33(14-6-29)49(60)61/h1-24,53-56H,25-26,51H2,(H,52,57)(H,58,59)(H,60,61)(H,62,63). The van der Waals surface area contributed by atoms with Crippen molar-refractivity contribution in [2.75, 3.05) is 13.1 Å². The summed E-state index contributed by atoms with van der Waals surface area (Å²) in [6.07, 6.45) is 0. The number of carboxylic acid groups (broad SMARTS) is 3. The average Bonchev–Trinajstić information content (AvgIpc) is 4.15. The van der Waals surface area contributed by atoms with E-state index in [-0.39, 0.29) is 22.6 Å². The molecular weight excluding hydrogens is 797 g/mol. The van der Waals surface area contributed by atoms with Crippen molar-refractivity contribution in [2.24, 2.45) is 5.73 Å². The van der Waals surface area contributed by atoms with Gasteiger partial charge in [-0.25, -0.2) is 14.4 Å². The van der Waals surface area contributed by atoms with Crippen LogP contribution in [0.3, 0.4) is 0 Å². The molecule has 4 aromatic carbocycles. The van der Waals surface area contributed by atoms with Crippen LogP contribution in [0.4, 0.5) is 0 Å². The quantitative estimate of drug-likeness (QED) is 0.0973. The first-order chi connectivity index (χ1) is 30.6. The first-order valence-corrected chi connectivity index (χ1v) is 19.9. The maximum atomic E-state index is 12.9. The van der Waals surface area contributed by atoms with Gasteiger partial charge in [-0.15, -0.1) is 0 Å². The number of carbonyl (C=O) groups excluding carboxylic acids is 1. The highest BCUT2D eigenvalue weighted by Gasteiger charge is 2.20. The van der Waals surface area contributed by atoms with Crippen LogP contribution in [0.25, 0.3) is 22.3 Å². The maximum Gasteiger partial charge on any atom is 0.335 e. The molecule has 310 valence electrons. The Morgan fingerprint density at radius 1 is 0.381 bits per heavy atom. The van der Waals surface area contributed by atoms with E-state index in [2.05, 4.69) is 25.3 Å². The topological polar surface area (TPSA) is 230 Å². The molecule has 1 aliphatic rings. The molecule has 4 aromatic heterocycles. The van der Waals surface area contributed by atoms with E-state index < -0.39 is 17.9 Å². The number of benzene rings is 4. The zero-order valence-corrected chi connectivity index (χ0v) is 33.3. The number of nitrogens with two attached hydrogens (primary N) is 1. The lowest BCUT2D eigenvalue weighted by molar-refractivity contribution is 0.0686. The van der Waals surface area contributed by atoms with Gasteiger partial charge in [0, 0.05) is 85.1 Å². The van der Waals surface area contributed by atoms with Crippen molar-refractivity contribution >= 4 is 46.1 Å². The van der Waals surface area contributed by atoms with Crippen molar-refractivity contribution in [3.63, 3.8) is 0 Å². The van der Waals surface area contributed by atoms with Gasteiger partial charge < -0.3 is 46.3 Å². The Hall–Kier alpha value is -8.68. The van der Waals surface area contributed by atoms with Gasteiger partial charge in [0.25, 0.3) is 5.91 Å². The zero-order valence-electron chi connectivity index (χ0n) is 33.3. The predicted octanol–water partition coefficient (Wildman–Crippen LogP) is 4.08. The summed E-state index contributed by atoms with van der Waals surface area (Å²) in [6, 6.07) is 42.8. The molecule has 13 nitrogen and oxygen atoms in total. The summed E-state index contributed by atoms with van der Waals surface area (Å²) in [5.74, 6) is -3.38. The maximum absolute atomic E-state index is 12.9. The minimum absolute atomic E-state index is 0.137. The molecule has 0 spiro atoms. The fourth-order valence-electron chi connectivity index (χ4n) is 7.99. The third-order valence-electron chi connectivity index (χ3n) is 11.0. The monoisotopic (exact) mass is 834 g/mol. The van der Waals surface area contributed by atoms with Crippen molar-refractivity contribution in [3.05, 3.63) is 234 Å². The average molecular weight is 835 g/mol. The molecule has 63 heavy (non-hydrogen) atoms. The largest absolute Gasteiger partial charge is 0.478 e. The Bertz CT molecular complexity index is 3350. The van der Waals surface area contributed by atoms with Crippen molar-refractivity contribution < 1.29 is 34.5 Å². The Kier molecular flexibility index (Phi) is 10.4. The van der Waals surface area contributed by atoms with Crippen LogP contribution in [0.1, 0.15) is 86.5 Å². The highest BCUT2D eigenvalue weighted by atomic mass is 16.4. The lowest BCUT2D eigenvalue weighted by Crippen LogP contribution is -2.28. The van der Waals surface area contributed by atoms with E-state index in [1.165, 1.54) is 0 Å². The summed E-state index contributed by atoms with van der Waals surface area (Å²) in [5.41, 5.74) is 15.4. The van der Waals surface area contributed by atoms with Gasteiger partial charge in [-0.3, -0.25) is 4.79 Å². The number of fused-ring (bicyclic) bond motifs is 8. The summed E-state index contributed by atoms with van der Waals surface area (Å²) in [4.78, 5) is 63.1. The molecule has 0 fully saturated rings. The number of carbonyl (C=O) groups is 4. The fourth-order valence-corrected chi connectivity index (χ4v) is 7.99. The van der Waals surface area contributed by atoms with E-state index in [4.69, 9.17) is 5.73 Å². The summed E-state index contributed by atoms with van der Waals surface area (Å²) >= 11 is 0. The van der Waals surface area contributed by atoms with E-state index in [1.54, 1.807) is 84.9 Å². The van der Waals surface area contributed by atoms with E-state index in [9.17, 15) is 34.5 Å². The van der Waals surface area contributed by atoms with Crippen molar-refractivity contribution in [1.29, 1.82) is 0 Å². The zero-order chi connectivity index (χ0) is 43.8. The van der Waals surface area contributed by atoms with E-state index in [0.717, 1.165) is 66.6 Å². The number of aromatic nitrogens is 4. The Morgan fingerprint density at radius 3 is 0.905 bits per heavy atom. The molecule has 0 atom stereocenters. The predicted molar refractivity (Wildman–Crippen MR) is 236 cm³/mol. The molecule has 0 aliphatic carbocycles. The summed E-state index contributed by atoms with van der Waals surface area (Å²) in [6.45, 7) is 0.654. The number of aromatic amines is 4. The highest BCUT2D eigenvalue weighted by Crippen LogP contribution is 2.29. The van der Waals surface area contributed by atoms with E-state index in [0.29, 0.717) is 40.7 Å². The second-order valence-electron chi connectivity index (χ2n) is 14.9. The van der Waals surface area contributed by atoms with E-state index >= 15 is 0 Å². The smallest absolute Gasteiger partial charge is 0.335 e. The van der Waals surface area contributed by atoms with Crippen LogP contribution in [0.5, 0.6) is 0 Å². The normalized spacial score (nSPS) is 12.3. The third kappa shape index (κ3) is 7.67. The molecular formula is C50H38N6O7. The van der Waals surface area contributed by atoms with Gasteiger partial charge in [0.1, 0.15) is 0 Å². The number of rotatable bonds is 10. The lowest BCUT2D eigenvalue weighted by Gasteiger charge is -2.11.